The van der Waals surface area contributed by atoms with Crippen molar-refractivity contribution in [2.45, 2.75) is 51.2 Å². The lowest BCUT2D eigenvalue weighted by Gasteiger charge is -2.27. The number of ether oxygens (including phenoxy) is 1. The van der Waals surface area contributed by atoms with E-state index in [4.69, 9.17) is 10.5 Å². The SMILES string of the molecule is CCc1ccccc1OC1CCC(N)CC1. The molecule has 1 saturated carbocycles. The highest BCUT2D eigenvalue weighted by molar-refractivity contribution is 5.33. The summed E-state index contributed by atoms with van der Waals surface area (Å²) in [6.07, 6.45) is 5.78. The second kappa shape index (κ2) is 5.35. The minimum absolute atomic E-state index is 0.368. The van der Waals surface area contributed by atoms with Crippen molar-refractivity contribution in [2.75, 3.05) is 0 Å². The largest absolute Gasteiger partial charge is 0.490 e. The van der Waals surface area contributed by atoms with Crippen LogP contribution in [-0.2, 0) is 6.42 Å². The van der Waals surface area contributed by atoms with Gasteiger partial charge in [0.05, 0.1) is 6.10 Å². The van der Waals surface area contributed by atoms with Gasteiger partial charge in [-0.2, -0.15) is 0 Å². The first-order chi connectivity index (χ1) is 7.79. The summed E-state index contributed by atoms with van der Waals surface area (Å²) >= 11 is 0. The fraction of sp³-hybridized carbons (Fsp3) is 0.571. The van der Waals surface area contributed by atoms with Crippen LogP contribution in [0.5, 0.6) is 5.75 Å². The Bertz CT molecular complexity index is 329. The molecule has 0 unspecified atom stereocenters. The van der Waals surface area contributed by atoms with Crippen LogP contribution in [0.2, 0.25) is 0 Å². The van der Waals surface area contributed by atoms with Crippen LogP contribution < -0.4 is 10.5 Å². The maximum absolute atomic E-state index is 6.07. The Labute approximate surface area is 97.8 Å². The second-order valence-electron chi connectivity index (χ2n) is 4.62. The fourth-order valence-electron chi connectivity index (χ4n) is 2.30. The topological polar surface area (TPSA) is 35.2 Å². The zero-order valence-electron chi connectivity index (χ0n) is 9.99. The molecule has 0 atom stereocenters. The Morgan fingerprint density at radius 3 is 2.56 bits per heavy atom. The lowest BCUT2D eigenvalue weighted by Crippen LogP contribution is -2.31. The van der Waals surface area contributed by atoms with Crippen LogP contribution in [-0.4, -0.2) is 12.1 Å². The average molecular weight is 219 g/mol. The molecule has 0 saturated heterocycles. The highest BCUT2D eigenvalue weighted by Crippen LogP contribution is 2.25. The van der Waals surface area contributed by atoms with Gasteiger partial charge in [-0.25, -0.2) is 0 Å². The molecule has 1 fully saturated rings. The van der Waals surface area contributed by atoms with Crippen molar-refractivity contribution in [1.29, 1.82) is 0 Å². The van der Waals surface area contributed by atoms with E-state index < -0.39 is 0 Å². The van der Waals surface area contributed by atoms with Crippen molar-refractivity contribution in [3.05, 3.63) is 29.8 Å². The maximum atomic E-state index is 6.07. The molecular weight excluding hydrogens is 198 g/mol. The summed E-state index contributed by atoms with van der Waals surface area (Å²) in [7, 11) is 0. The Hall–Kier alpha value is -1.02. The van der Waals surface area contributed by atoms with Crippen molar-refractivity contribution in [3.63, 3.8) is 0 Å². The standard InChI is InChI=1S/C14H21NO/c1-2-11-5-3-4-6-14(11)16-13-9-7-12(15)8-10-13/h3-6,12-13H,2,7-10,15H2,1H3. The highest BCUT2D eigenvalue weighted by Gasteiger charge is 2.20. The minimum atomic E-state index is 0.368. The number of para-hydroxylation sites is 1. The molecule has 0 aromatic heterocycles. The van der Waals surface area contributed by atoms with E-state index in [1.54, 1.807) is 0 Å². The predicted octanol–water partition coefficient (Wildman–Crippen LogP) is 2.90. The molecule has 0 aliphatic heterocycles. The monoisotopic (exact) mass is 219 g/mol. The first-order valence-electron chi connectivity index (χ1n) is 6.29. The Kier molecular flexibility index (Phi) is 3.83. The van der Waals surface area contributed by atoms with Crippen molar-refractivity contribution < 1.29 is 4.74 Å². The van der Waals surface area contributed by atoms with Gasteiger partial charge in [0.15, 0.2) is 0 Å². The first-order valence-corrected chi connectivity index (χ1v) is 6.29. The zero-order chi connectivity index (χ0) is 11.4. The molecule has 1 aromatic carbocycles. The van der Waals surface area contributed by atoms with E-state index in [1.807, 2.05) is 6.07 Å². The predicted molar refractivity (Wildman–Crippen MR) is 66.7 cm³/mol. The summed E-state index contributed by atoms with van der Waals surface area (Å²) in [4.78, 5) is 0. The molecule has 2 nitrogen and oxygen atoms in total. The van der Waals surface area contributed by atoms with Crippen molar-refractivity contribution in [1.82, 2.24) is 0 Å². The molecule has 0 heterocycles. The molecule has 0 bridgehead atoms. The number of hydrogen-bond donors (Lipinski definition) is 1. The summed E-state index contributed by atoms with van der Waals surface area (Å²) in [5.74, 6) is 1.06. The number of nitrogens with two attached hydrogens (primary N) is 1. The van der Waals surface area contributed by atoms with E-state index in [9.17, 15) is 0 Å². The molecule has 16 heavy (non-hydrogen) atoms. The van der Waals surface area contributed by atoms with Gasteiger partial charge in [-0.15, -0.1) is 0 Å². The number of rotatable bonds is 3. The first kappa shape index (κ1) is 11.5. The second-order valence-corrected chi connectivity index (χ2v) is 4.62. The normalized spacial score (nSPS) is 25.4. The van der Waals surface area contributed by atoms with Crippen LogP contribution in [0.4, 0.5) is 0 Å². The third kappa shape index (κ3) is 2.76. The summed E-state index contributed by atoms with van der Waals surface area (Å²) in [6, 6.07) is 8.73. The number of aryl methyl sites for hydroxylation is 1. The van der Waals surface area contributed by atoms with Crippen LogP contribution in [0.15, 0.2) is 24.3 Å². The molecule has 0 amide bonds. The van der Waals surface area contributed by atoms with E-state index in [2.05, 4.69) is 25.1 Å². The quantitative estimate of drug-likeness (QED) is 0.848. The molecule has 1 aliphatic carbocycles. The smallest absolute Gasteiger partial charge is 0.122 e. The van der Waals surface area contributed by atoms with Gasteiger partial charge in [-0.1, -0.05) is 25.1 Å². The van der Waals surface area contributed by atoms with E-state index in [0.29, 0.717) is 12.1 Å². The summed E-state index contributed by atoms with van der Waals surface area (Å²) < 4.78 is 6.07. The number of benzene rings is 1. The van der Waals surface area contributed by atoms with Crippen molar-refractivity contribution >= 4 is 0 Å². The molecular formula is C14H21NO. The molecule has 1 aromatic rings. The van der Waals surface area contributed by atoms with Gasteiger partial charge in [0.25, 0.3) is 0 Å². The van der Waals surface area contributed by atoms with Crippen LogP contribution in [0.3, 0.4) is 0 Å². The zero-order valence-corrected chi connectivity index (χ0v) is 9.99. The Balaban J connectivity index is 1.98. The average Bonchev–Trinajstić information content (AvgIpc) is 2.33. The lowest BCUT2D eigenvalue weighted by atomic mass is 9.93. The van der Waals surface area contributed by atoms with Gasteiger partial charge in [-0.05, 0) is 43.7 Å². The van der Waals surface area contributed by atoms with Gasteiger partial charge < -0.3 is 10.5 Å². The Morgan fingerprint density at radius 1 is 1.19 bits per heavy atom. The lowest BCUT2D eigenvalue weighted by molar-refractivity contribution is 0.146. The molecule has 2 rings (SSSR count). The molecule has 88 valence electrons. The summed E-state index contributed by atoms with van der Waals surface area (Å²) in [5, 5.41) is 0. The molecule has 1 aliphatic rings. The third-order valence-corrected chi connectivity index (χ3v) is 3.37. The molecule has 0 spiro atoms. The van der Waals surface area contributed by atoms with E-state index in [-0.39, 0.29) is 0 Å². The van der Waals surface area contributed by atoms with Gasteiger partial charge in [-0.3, -0.25) is 0 Å². The Morgan fingerprint density at radius 2 is 1.88 bits per heavy atom. The minimum Gasteiger partial charge on any atom is -0.490 e. The van der Waals surface area contributed by atoms with E-state index in [1.165, 1.54) is 5.56 Å². The van der Waals surface area contributed by atoms with Gasteiger partial charge >= 0.3 is 0 Å². The van der Waals surface area contributed by atoms with E-state index >= 15 is 0 Å². The highest BCUT2D eigenvalue weighted by atomic mass is 16.5. The summed E-state index contributed by atoms with van der Waals surface area (Å²) in [5.41, 5.74) is 7.19. The van der Waals surface area contributed by atoms with Crippen LogP contribution >= 0.6 is 0 Å². The van der Waals surface area contributed by atoms with Crippen molar-refractivity contribution in [2.24, 2.45) is 5.73 Å². The van der Waals surface area contributed by atoms with Crippen molar-refractivity contribution in [3.8, 4) is 5.75 Å². The molecule has 2 N–H and O–H groups in total. The molecule has 0 radical (unpaired) electrons. The number of hydrogen-bond acceptors (Lipinski definition) is 2. The summed E-state index contributed by atoms with van der Waals surface area (Å²) in [6.45, 7) is 2.17. The maximum Gasteiger partial charge on any atom is 0.122 e. The fourth-order valence-corrected chi connectivity index (χ4v) is 2.30. The van der Waals surface area contributed by atoms with Crippen LogP contribution in [0.25, 0.3) is 0 Å². The van der Waals surface area contributed by atoms with Gasteiger partial charge in [0.1, 0.15) is 5.75 Å². The van der Waals surface area contributed by atoms with Gasteiger partial charge in [0.2, 0.25) is 0 Å². The third-order valence-electron chi connectivity index (χ3n) is 3.37. The molecule has 2 heteroatoms. The van der Waals surface area contributed by atoms with Crippen LogP contribution in [0, 0.1) is 0 Å². The van der Waals surface area contributed by atoms with E-state index in [0.717, 1.165) is 37.9 Å². The van der Waals surface area contributed by atoms with Gasteiger partial charge in [0, 0.05) is 6.04 Å². The van der Waals surface area contributed by atoms with Crippen LogP contribution in [0.1, 0.15) is 38.2 Å².